The average molecular weight is 295 g/mol. The summed E-state index contributed by atoms with van der Waals surface area (Å²) in [6.07, 6.45) is 6.18. The Labute approximate surface area is 123 Å². The minimum Gasteiger partial charge on any atom is -0.324 e. The largest absolute Gasteiger partial charge is 0.324 e. The molecule has 2 atom stereocenters. The summed E-state index contributed by atoms with van der Waals surface area (Å²) in [7, 11) is 0. The standard InChI is InChI=1S/C16H20ClFN2/c1-2-11-5-3-4-6-14(11)20-15-8-7-12(18)9-13(15)19-16(20)10-17/h7-9,11,14H,2-6,10H2,1H3. The van der Waals surface area contributed by atoms with Crippen LogP contribution >= 0.6 is 11.6 Å². The molecule has 4 heteroatoms. The fraction of sp³-hybridized carbons (Fsp3) is 0.562. The number of nitrogens with zero attached hydrogens (tertiary/aromatic N) is 2. The zero-order valence-corrected chi connectivity index (χ0v) is 12.5. The van der Waals surface area contributed by atoms with Crippen molar-refractivity contribution in [2.45, 2.75) is 50.9 Å². The molecule has 1 heterocycles. The molecule has 1 saturated carbocycles. The van der Waals surface area contributed by atoms with Gasteiger partial charge in [-0.2, -0.15) is 0 Å². The maximum Gasteiger partial charge on any atom is 0.125 e. The number of rotatable bonds is 3. The summed E-state index contributed by atoms with van der Waals surface area (Å²) >= 11 is 6.08. The lowest BCUT2D eigenvalue weighted by Crippen LogP contribution is -2.24. The summed E-state index contributed by atoms with van der Waals surface area (Å²) in [4.78, 5) is 4.53. The van der Waals surface area contributed by atoms with E-state index in [9.17, 15) is 4.39 Å². The lowest BCUT2D eigenvalue weighted by atomic mass is 9.82. The van der Waals surface area contributed by atoms with Crippen molar-refractivity contribution in [2.24, 2.45) is 5.92 Å². The molecule has 1 fully saturated rings. The fourth-order valence-electron chi connectivity index (χ4n) is 3.59. The van der Waals surface area contributed by atoms with Crippen molar-refractivity contribution >= 4 is 22.6 Å². The van der Waals surface area contributed by atoms with Gasteiger partial charge in [-0.05, 0) is 30.9 Å². The second kappa shape index (κ2) is 5.72. The van der Waals surface area contributed by atoms with E-state index in [-0.39, 0.29) is 5.82 Å². The van der Waals surface area contributed by atoms with Crippen molar-refractivity contribution in [1.29, 1.82) is 0 Å². The number of hydrogen-bond donors (Lipinski definition) is 0. The Morgan fingerprint density at radius 2 is 2.15 bits per heavy atom. The van der Waals surface area contributed by atoms with Crippen LogP contribution in [0.4, 0.5) is 4.39 Å². The van der Waals surface area contributed by atoms with Crippen LogP contribution in [0.25, 0.3) is 11.0 Å². The van der Waals surface area contributed by atoms with Gasteiger partial charge in [0.15, 0.2) is 0 Å². The Kier molecular flexibility index (Phi) is 3.97. The highest BCUT2D eigenvalue weighted by Crippen LogP contribution is 2.38. The number of benzene rings is 1. The third kappa shape index (κ3) is 2.32. The van der Waals surface area contributed by atoms with E-state index in [1.165, 1.54) is 44.2 Å². The van der Waals surface area contributed by atoms with Crippen molar-refractivity contribution in [2.75, 3.05) is 0 Å². The Balaban J connectivity index is 2.13. The van der Waals surface area contributed by atoms with Gasteiger partial charge in [0.1, 0.15) is 11.6 Å². The van der Waals surface area contributed by atoms with Crippen molar-refractivity contribution in [3.63, 3.8) is 0 Å². The smallest absolute Gasteiger partial charge is 0.125 e. The van der Waals surface area contributed by atoms with Crippen LogP contribution in [0.5, 0.6) is 0 Å². The van der Waals surface area contributed by atoms with Gasteiger partial charge in [-0.1, -0.05) is 26.2 Å². The summed E-state index contributed by atoms with van der Waals surface area (Å²) < 4.78 is 15.7. The SMILES string of the molecule is CCC1CCCCC1n1c(CCl)nc2cc(F)ccc21. The van der Waals surface area contributed by atoms with Crippen LogP contribution in [0.1, 0.15) is 50.9 Å². The molecule has 1 aromatic heterocycles. The van der Waals surface area contributed by atoms with Gasteiger partial charge in [0.25, 0.3) is 0 Å². The van der Waals surface area contributed by atoms with E-state index in [4.69, 9.17) is 11.6 Å². The lowest BCUT2D eigenvalue weighted by molar-refractivity contribution is 0.234. The lowest BCUT2D eigenvalue weighted by Gasteiger charge is -2.33. The van der Waals surface area contributed by atoms with E-state index in [2.05, 4.69) is 16.5 Å². The molecule has 2 nitrogen and oxygen atoms in total. The topological polar surface area (TPSA) is 17.8 Å². The van der Waals surface area contributed by atoms with Gasteiger partial charge in [-0.15, -0.1) is 11.6 Å². The van der Waals surface area contributed by atoms with Crippen molar-refractivity contribution in [3.05, 3.63) is 29.8 Å². The molecule has 2 aromatic rings. The molecule has 1 aliphatic rings. The summed E-state index contributed by atoms with van der Waals surface area (Å²) in [6, 6.07) is 5.32. The molecular weight excluding hydrogens is 275 g/mol. The first-order valence-electron chi connectivity index (χ1n) is 7.47. The average Bonchev–Trinajstić information content (AvgIpc) is 2.84. The summed E-state index contributed by atoms with van der Waals surface area (Å²) in [6.45, 7) is 2.25. The number of hydrogen-bond acceptors (Lipinski definition) is 1. The minimum atomic E-state index is -0.237. The van der Waals surface area contributed by atoms with Gasteiger partial charge < -0.3 is 4.57 Å². The molecule has 0 N–H and O–H groups in total. The Bertz CT molecular complexity index is 608. The maximum atomic E-state index is 13.4. The van der Waals surface area contributed by atoms with Gasteiger partial charge in [0.05, 0.1) is 16.9 Å². The van der Waals surface area contributed by atoms with Crippen LogP contribution in [0.2, 0.25) is 0 Å². The molecule has 0 amide bonds. The number of imidazole rings is 1. The van der Waals surface area contributed by atoms with Crippen LogP contribution in [0, 0.1) is 11.7 Å². The van der Waals surface area contributed by atoms with Gasteiger partial charge >= 0.3 is 0 Å². The molecule has 0 aliphatic heterocycles. The molecule has 0 radical (unpaired) electrons. The molecule has 2 unspecified atom stereocenters. The predicted octanol–water partition coefficient (Wildman–Crippen LogP) is 5.06. The fourth-order valence-corrected chi connectivity index (χ4v) is 3.78. The first kappa shape index (κ1) is 13.9. The Morgan fingerprint density at radius 3 is 2.90 bits per heavy atom. The van der Waals surface area contributed by atoms with E-state index < -0.39 is 0 Å². The van der Waals surface area contributed by atoms with Crippen molar-refractivity contribution < 1.29 is 4.39 Å². The molecule has 0 saturated heterocycles. The highest BCUT2D eigenvalue weighted by Gasteiger charge is 2.28. The van der Waals surface area contributed by atoms with Gasteiger partial charge in [-0.3, -0.25) is 0 Å². The second-order valence-corrected chi connectivity index (χ2v) is 5.95. The zero-order chi connectivity index (χ0) is 14.1. The monoisotopic (exact) mass is 294 g/mol. The molecule has 1 aliphatic carbocycles. The van der Waals surface area contributed by atoms with E-state index in [1.807, 2.05) is 6.07 Å². The molecule has 0 spiro atoms. The van der Waals surface area contributed by atoms with Gasteiger partial charge in [-0.25, -0.2) is 9.37 Å². The summed E-state index contributed by atoms with van der Waals surface area (Å²) in [5, 5.41) is 0. The van der Waals surface area contributed by atoms with Crippen LogP contribution in [-0.2, 0) is 5.88 Å². The quantitative estimate of drug-likeness (QED) is 0.724. The minimum absolute atomic E-state index is 0.237. The van der Waals surface area contributed by atoms with Crippen LogP contribution in [-0.4, -0.2) is 9.55 Å². The molecular formula is C16H20ClFN2. The van der Waals surface area contributed by atoms with E-state index in [0.717, 1.165) is 16.9 Å². The third-order valence-electron chi connectivity index (χ3n) is 4.57. The Morgan fingerprint density at radius 1 is 1.35 bits per heavy atom. The van der Waals surface area contributed by atoms with E-state index in [1.54, 1.807) is 0 Å². The predicted molar refractivity (Wildman–Crippen MR) is 80.5 cm³/mol. The highest BCUT2D eigenvalue weighted by atomic mass is 35.5. The molecule has 3 rings (SSSR count). The number of alkyl halides is 1. The highest BCUT2D eigenvalue weighted by molar-refractivity contribution is 6.16. The number of fused-ring (bicyclic) bond motifs is 1. The van der Waals surface area contributed by atoms with E-state index in [0.29, 0.717) is 17.8 Å². The van der Waals surface area contributed by atoms with Crippen LogP contribution < -0.4 is 0 Å². The van der Waals surface area contributed by atoms with E-state index >= 15 is 0 Å². The second-order valence-electron chi connectivity index (χ2n) is 5.68. The first-order valence-corrected chi connectivity index (χ1v) is 8.00. The molecule has 20 heavy (non-hydrogen) atoms. The van der Waals surface area contributed by atoms with Gasteiger partial charge in [0.2, 0.25) is 0 Å². The zero-order valence-electron chi connectivity index (χ0n) is 11.8. The first-order chi connectivity index (χ1) is 9.74. The summed E-state index contributed by atoms with van der Waals surface area (Å²) in [5.41, 5.74) is 1.74. The molecule has 108 valence electrons. The van der Waals surface area contributed by atoms with Crippen LogP contribution in [0.3, 0.4) is 0 Å². The normalized spacial score (nSPS) is 23.4. The van der Waals surface area contributed by atoms with Crippen molar-refractivity contribution in [3.8, 4) is 0 Å². The maximum absolute atomic E-state index is 13.4. The third-order valence-corrected chi connectivity index (χ3v) is 4.81. The van der Waals surface area contributed by atoms with Crippen molar-refractivity contribution in [1.82, 2.24) is 9.55 Å². The number of aromatic nitrogens is 2. The summed E-state index contributed by atoms with van der Waals surface area (Å²) in [5.74, 6) is 1.69. The molecule has 0 bridgehead atoms. The van der Waals surface area contributed by atoms with Gasteiger partial charge in [0, 0.05) is 12.1 Å². The molecule has 1 aromatic carbocycles. The van der Waals surface area contributed by atoms with Crippen LogP contribution in [0.15, 0.2) is 18.2 Å². The number of halogens is 2. The Hall–Kier alpha value is -1.09.